The molecule has 1 heterocycles. The van der Waals surface area contributed by atoms with Crippen LogP contribution in [-0.4, -0.2) is 0 Å². The summed E-state index contributed by atoms with van der Waals surface area (Å²) in [5.41, 5.74) is 1.96. The quantitative estimate of drug-likeness (QED) is 0.559. The number of furan rings is 1. The van der Waals surface area contributed by atoms with Gasteiger partial charge in [0.05, 0.1) is 15.2 Å². The molecule has 0 aliphatic heterocycles. The van der Waals surface area contributed by atoms with Gasteiger partial charge in [0, 0.05) is 0 Å². The van der Waals surface area contributed by atoms with E-state index < -0.39 is 0 Å². The van der Waals surface area contributed by atoms with Crippen molar-refractivity contribution in [2.24, 2.45) is 0 Å². The Morgan fingerprint density at radius 1 is 1.50 bits per heavy atom. The lowest BCUT2D eigenvalue weighted by Crippen LogP contribution is -1.67. The van der Waals surface area contributed by atoms with Crippen LogP contribution < -0.4 is 0 Å². The van der Waals surface area contributed by atoms with Crippen molar-refractivity contribution in [1.29, 1.82) is 0 Å². The van der Waals surface area contributed by atoms with Crippen LogP contribution in [0.15, 0.2) is 44.1 Å². The van der Waals surface area contributed by atoms with E-state index in [9.17, 15) is 0 Å². The summed E-state index contributed by atoms with van der Waals surface area (Å²) in [6.07, 6.45) is 7.00. The third-order valence-corrected chi connectivity index (χ3v) is 1.83. The maximum Gasteiger partial charge on any atom is 0.106 e. The molecular weight excluding hydrogens is 308 g/mol. The Kier molecular flexibility index (Phi) is 4.78. The third kappa shape index (κ3) is 4.50. The highest BCUT2D eigenvalue weighted by Gasteiger charge is 1.85. The third-order valence-electron chi connectivity index (χ3n) is 1.37. The van der Waals surface area contributed by atoms with Crippen molar-refractivity contribution in [3.05, 3.63) is 45.3 Å². The fraction of sp³-hybridized carbons (Fsp3) is 0.0909. The SMILES string of the molecule is C/C(C=C(Br)Br)=C\C#Cc1ccoc1. The molecule has 0 aliphatic rings. The number of allylic oxidation sites excluding steroid dienone is 3. The minimum Gasteiger partial charge on any atom is -0.471 e. The standard InChI is InChI=1S/C11H8Br2O/c1-9(7-11(12)13)3-2-4-10-5-6-14-8-10/h3,5-8H,1H3/b9-3+. The Labute approximate surface area is 100 Å². The van der Waals surface area contributed by atoms with Gasteiger partial charge in [-0.2, -0.15) is 0 Å². The first kappa shape index (κ1) is 11.4. The highest BCUT2D eigenvalue weighted by molar-refractivity contribution is 9.28. The van der Waals surface area contributed by atoms with Gasteiger partial charge in [-0.25, -0.2) is 0 Å². The Bertz CT molecular complexity index is 398. The Morgan fingerprint density at radius 3 is 2.86 bits per heavy atom. The van der Waals surface area contributed by atoms with Gasteiger partial charge in [0.2, 0.25) is 0 Å². The van der Waals surface area contributed by atoms with Crippen LogP contribution in [0.4, 0.5) is 0 Å². The fourth-order valence-corrected chi connectivity index (χ4v) is 1.50. The second-order valence-electron chi connectivity index (χ2n) is 2.60. The van der Waals surface area contributed by atoms with Gasteiger partial charge in [-0.3, -0.25) is 0 Å². The van der Waals surface area contributed by atoms with E-state index >= 15 is 0 Å². The van der Waals surface area contributed by atoms with E-state index in [4.69, 9.17) is 4.42 Å². The Balaban J connectivity index is 2.67. The fourth-order valence-electron chi connectivity index (χ4n) is 0.783. The van der Waals surface area contributed by atoms with Crippen LogP contribution >= 0.6 is 31.9 Å². The normalized spacial score (nSPS) is 10.4. The highest BCUT2D eigenvalue weighted by atomic mass is 79.9. The highest BCUT2D eigenvalue weighted by Crippen LogP contribution is 2.15. The van der Waals surface area contributed by atoms with Gasteiger partial charge in [0.25, 0.3) is 0 Å². The van der Waals surface area contributed by atoms with Crippen LogP contribution in [0.5, 0.6) is 0 Å². The lowest BCUT2D eigenvalue weighted by molar-refractivity contribution is 0.566. The van der Waals surface area contributed by atoms with Crippen molar-refractivity contribution < 1.29 is 4.42 Å². The molecule has 0 atom stereocenters. The van der Waals surface area contributed by atoms with Gasteiger partial charge >= 0.3 is 0 Å². The van der Waals surface area contributed by atoms with E-state index in [-0.39, 0.29) is 0 Å². The van der Waals surface area contributed by atoms with Crippen LogP contribution in [0, 0.1) is 11.8 Å². The first-order chi connectivity index (χ1) is 6.68. The minimum absolute atomic E-state index is 0.885. The predicted octanol–water partition coefficient (Wildman–Crippen LogP) is 4.21. The second kappa shape index (κ2) is 5.90. The molecule has 0 spiro atoms. The van der Waals surface area contributed by atoms with Gasteiger partial charge in [0.15, 0.2) is 0 Å². The molecule has 3 heteroatoms. The zero-order chi connectivity index (χ0) is 10.4. The molecule has 0 unspecified atom stereocenters. The largest absolute Gasteiger partial charge is 0.471 e. The maximum absolute atomic E-state index is 4.89. The molecule has 0 bridgehead atoms. The van der Waals surface area contributed by atoms with Crippen molar-refractivity contribution in [2.75, 3.05) is 0 Å². The Hall–Kier alpha value is -0.720. The molecule has 72 valence electrons. The van der Waals surface area contributed by atoms with Crippen molar-refractivity contribution >= 4 is 31.9 Å². The van der Waals surface area contributed by atoms with E-state index in [1.54, 1.807) is 12.5 Å². The smallest absolute Gasteiger partial charge is 0.106 e. The number of halogens is 2. The molecule has 0 saturated heterocycles. The van der Waals surface area contributed by atoms with E-state index in [1.165, 1.54) is 0 Å². The van der Waals surface area contributed by atoms with E-state index in [1.807, 2.05) is 25.1 Å². The summed E-state index contributed by atoms with van der Waals surface area (Å²) in [5, 5.41) is 0. The van der Waals surface area contributed by atoms with E-state index in [2.05, 4.69) is 43.7 Å². The number of hydrogen-bond donors (Lipinski definition) is 0. The summed E-state index contributed by atoms with van der Waals surface area (Å²) in [7, 11) is 0. The zero-order valence-electron chi connectivity index (χ0n) is 7.55. The summed E-state index contributed by atoms with van der Waals surface area (Å²) < 4.78 is 5.79. The van der Waals surface area contributed by atoms with Gasteiger partial charge in [-0.15, -0.1) is 0 Å². The molecule has 1 aromatic rings. The van der Waals surface area contributed by atoms with Gasteiger partial charge in [0.1, 0.15) is 6.26 Å². The molecule has 1 rings (SSSR count). The maximum atomic E-state index is 4.89. The molecule has 0 radical (unpaired) electrons. The first-order valence-corrected chi connectivity index (χ1v) is 5.50. The molecule has 0 amide bonds. The van der Waals surface area contributed by atoms with Crippen LogP contribution in [0.25, 0.3) is 0 Å². The number of hydrogen-bond acceptors (Lipinski definition) is 1. The summed E-state index contributed by atoms with van der Waals surface area (Å²) in [5.74, 6) is 5.88. The van der Waals surface area contributed by atoms with Crippen molar-refractivity contribution in [3.8, 4) is 11.8 Å². The molecule has 0 fully saturated rings. The molecule has 1 nitrogen and oxygen atoms in total. The average molecular weight is 316 g/mol. The summed E-state index contributed by atoms with van der Waals surface area (Å²) in [4.78, 5) is 0. The molecule has 1 aromatic heterocycles. The Morgan fingerprint density at radius 2 is 2.29 bits per heavy atom. The zero-order valence-corrected chi connectivity index (χ0v) is 10.7. The van der Waals surface area contributed by atoms with Gasteiger partial charge < -0.3 is 4.42 Å². The lowest BCUT2D eigenvalue weighted by Gasteiger charge is -1.86. The number of rotatable bonds is 1. The first-order valence-electron chi connectivity index (χ1n) is 3.91. The lowest BCUT2D eigenvalue weighted by atomic mass is 10.2. The predicted molar refractivity (Wildman–Crippen MR) is 65.3 cm³/mol. The molecule has 0 aromatic carbocycles. The molecule has 0 saturated carbocycles. The van der Waals surface area contributed by atoms with Crippen LogP contribution in [0.3, 0.4) is 0 Å². The van der Waals surface area contributed by atoms with Gasteiger partial charge in [-0.1, -0.05) is 11.8 Å². The van der Waals surface area contributed by atoms with Crippen LogP contribution in [0.1, 0.15) is 12.5 Å². The van der Waals surface area contributed by atoms with Crippen molar-refractivity contribution in [3.63, 3.8) is 0 Å². The van der Waals surface area contributed by atoms with E-state index in [0.717, 1.165) is 14.5 Å². The molecule has 0 N–H and O–H groups in total. The van der Waals surface area contributed by atoms with Crippen LogP contribution in [0.2, 0.25) is 0 Å². The van der Waals surface area contributed by atoms with Gasteiger partial charge in [-0.05, 0) is 62.6 Å². The molecule has 14 heavy (non-hydrogen) atoms. The summed E-state index contributed by atoms with van der Waals surface area (Å²) >= 11 is 6.56. The minimum atomic E-state index is 0.885. The van der Waals surface area contributed by atoms with Crippen molar-refractivity contribution in [1.82, 2.24) is 0 Å². The van der Waals surface area contributed by atoms with Crippen molar-refractivity contribution in [2.45, 2.75) is 6.92 Å². The molecular formula is C11H8Br2O. The summed E-state index contributed by atoms with van der Waals surface area (Å²) in [6, 6.07) is 1.83. The topological polar surface area (TPSA) is 13.1 Å². The van der Waals surface area contributed by atoms with Crippen LogP contribution in [-0.2, 0) is 0 Å². The summed E-state index contributed by atoms with van der Waals surface area (Å²) in [6.45, 7) is 1.98. The molecule has 0 aliphatic carbocycles. The second-order valence-corrected chi connectivity index (χ2v) is 5.38. The average Bonchev–Trinajstić information content (AvgIpc) is 2.55. The monoisotopic (exact) mass is 314 g/mol. The van der Waals surface area contributed by atoms with E-state index in [0.29, 0.717) is 0 Å².